The van der Waals surface area contributed by atoms with Gasteiger partial charge in [0, 0.05) is 18.2 Å². The summed E-state index contributed by atoms with van der Waals surface area (Å²) < 4.78 is 53.0. The Bertz CT molecular complexity index is 1180. The summed E-state index contributed by atoms with van der Waals surface area (Å²) in [4.78, 5) is 28.0. The van der Waals surface area contributed by atoms with Crippen molar-refractivity contribution in [3.8, 4) is 0 Å². The van der Waals surface area contributed by atoms with Crippen LogP contribution in [0.5, 0.6) is 0 Å². The lowest BCUT2D eigenvalue weighted by atomic mass is 10.0. The fourth-order valence-electron chi connectivity index (χ4n) is 3.60. The van der Waals surface area contributed by atoms with E-state index in [9.17, 15) is 26.8 Å². The van der Waals surface area contributed by atoms with Crippen LogP contribution < -0.4 is 9.62 Å². The molecule has 0 bridgehead atoms. The highest BCUT2D eigenvalue weighted by molar-refractivity contribution is 7.92. The Balaban J connectivity index is 2.49. The van der Waals surface area contributed by atoms with Crippen molar-refractivity contribution in [1.29, 1.82) is 0 Å². The third-order valence-corrected chi connectivity index (χ3v) is 6.50. The number of rotatable bonds is 9. The lowest BCUT2D eigenvalue weighted by molar-refractivity contribution is -0.141. The Hall–Kier alpha value is -3.01. The maximum absolute atomic E-state index is 13.9. The van der Waals surface area contributed by atoms with Crippen LogP contribution in [0.25, 0.3) is 0 Å². The van der Waals surface area contributed by atoms with Crippen LogP contribution in [-0.2, 0) is 26.2 Å². The Morgan fingerprint density at radius 3 is 2.20 bits per heavy atom. The van der Waals surface area contributed by atoms with E-state index in [-0.39, 0.29) is 24.6 Å². The van der Waals surface area contributed by atoms with E-state index in [2.05, 4.69) is 5.32 Å². The van der Waals surface area contributed by atoms with Gasteiger partial charge in [-0.05, 0) is 57.4 Å². The predicted molar refractivity (Wildman–Crippen MR) is 132 cm³/mol. The third-order valence-electron chi connectivity index (χ3n) is 5.36. The molecular weight excluding hydrogens is 476 g/mol. The number of carbonyl (C=O) groups excluding carboxylic acids is 2. The fraction of sp³-hybridized carbons (Fsp3) is 0.440. The van der Waals surface area contributed by atoms with E-state index >= 15 is 0 Å². The molecule has 0 aliphatic carbocycles. The molecule has 0 heterocycles. The molecule has 1 N–H and O–H groups in total. The smallest absolute Gasteiger partial charge is 0.244 e. The van der Waals surface area contributed by atoms with Gasteiger partial charge in [-0.1, -0.05) is 31.2 Å². The van der Waals surface area contributed by atoms with E-state index in [4.69, 9.17) is 0 Å². The van der Waals surface area contributed by atoms with Gasteiger partial charge in [0.25, 0.3) is 0 Å². The number of sulfonamides is 1. The van der Waals surface area contributed by atoms with E-state index in [1.165, 1.54) is 4.90 Å². The molecule has 0 aromatic heterocycles. The Kier molecular flexibility index (Phi) is 9.00. The Morgan fingerprint density at radius 1 is 1.06 bits per heavy atom. The van der Waals surface area contributed by atoms with Crippen LogP contribution in [0, 0.1) is 18.6 Å². The number of amides is 2. The number of benzene rings is 2. The van der Waals surface area contributed by atoms with Gasteiger partial charge in [0.1, 0.15) is 12.6 Å². The number of halogens is 2. The fourth-order valence-corrected chi connectivity index (χ4v) is 4.44. The second-order valence-electron chi connectivity index (χ2n) is 9.48. The minimum Gasteiger partial charge on any atom is -0.350 e. The molecule has 1 atom stereocenters. The van der Waals surface area contributed by atoms with Gasteiger partial charge in [0.05, 0.1) is 11.9 Å². The number of carbonyl (C=O) groups is 2. The highest BCUT2D eigenvalue weighted by atomic mass is 32.2. The lowest BCUT2D eigenvalue weighted by Crippen LogP contribution is -2.55. The summed E-state index contributed by atoms with van der Waals surface area (Å²) >= 11 is 0. The molecule has 0 saturated heterocycles. The third kappa shape index (κ3) is 7.74. The summed E-state index contributed by atoms with van der Waals surface area (Å²) in [6.45, 7) is 8.47. The molecule has 2 rings (SSSR count). The zero-order valence-electron chi connectivity index (χ0n) is 20.9. The molecule has 35 heavy (non-hydrogen) atoms. The summed E-state index contributed by atoms with van der Waals surface area (Å²) in [6.07, 6.45) is 1.15. The number of nitrogens with zero attached hydrogens (tertiary/aromatic N) is 2. The molecule has 7 nitrogen and oxygen atoms in total. The largest absolute Gasteiger partial charge is 0.350 e. The van der Waals surface area contributed by atoms with Gasteiger partial charge in [-0.25, -0.2) is 17.2 Å². The van der Waals surface area contributed by atoms with Crippen molar-refractivity contribution in [3.63, 3.8) is 0 Å². The highest BCUT2D eigenvalue weighted by Crippen LogP contribution is 2.22. The SMILES string of the molecule is CCC(C(=O)NC(C)(C)C)N(Cc1ccccc1C)C(=O)CN(c1ccc(F)c(F)c1)S(C)(=O)=O. The van der Waals surface area contributed by atoms with Crippen molar-refractivity contribution < 1.29 is 26.8 Å². The van der Waals surface area contributed by atoms with E-state index in [0.29, 0.717) is 4.31 Å². The van der Waals surface area contributed by atoms with Gasteiger partial charge in [0.2, 0.25) is 21.8 Å². The van der Waals surface area contributed by atoms with Gasteiger partial charge >= 0.3 is 0 Å². The zero-order valence-corrected chi connectivity index (χ0v) is 21.7. The first-order valence-electron chi connectivity index (χ1n) is 11.2. The summed E-state index contributed by atoms with van der Waals surface area (Å²) in [5.41, 5.74) is 0.952. The summed E-state index contributed by atoms with van der Waals surface area (Å²) in [5, 5.41) is 2.88. The average molecular weight is 510 g/mol. The molecule has 0 saturated carbocycles. The van der Waals surface area contributed by atoms with Crippen LogP contribution in [-0.4, -0.2) is 49.5 Å². The highest BCUT2D eigenvalue weighted by Gasteiger charge is 2.33. The minimum absolute atomic E-state index is 0.0664. The number of hydrogen-bond donors (Lipinski definition) is 1. The van der Waals surface area contributed by atoms with E-state index < -0.39 is 45.7 Å². The van der Waals surface area contributed by atoms with Crippen LogP contribution in [0.4, 0.5) is 14.5 Å². The first-order chi connectivity index (χ1) is 16.1. The standard InChI is InChI=1S/C25H33F2N3O4S/c1-7-22(24(32)28-25(3,4)5)29(15-18-11-9-8-10-17(18)2)23(31)16-30(35(6,33)34)19-12-13-20(26)21(27)14-19/h8-14,22H,7,15-16H2,1-6H3,(H,28,32). The molecule has 2 aromatic rings. The molecule has 1 unspecified atom stereocenters. The molecule has 0 radical (unpaired) electrons. The number of anilines is 1. The molecular formula is C25H33F2N3O4S. The van der Waals surface area contributed by atoms with Crippen LogP contribution >= 0.6 is 0 Å². The van der Waals surface area contributed by atoms with E-state index in [1.54, 1.807) is 6.92 Å². The minimum atomic E-state index is -4.04. The molecule has 192 valence electrons. The predicted octanol–water partition coefficient (Wildman–Crippen LogP) is 3.76. The van der Waals surface area contributed by atoms with Crippen LogP contribution in [0.3, 0.4) is 0 Å². The topological polar surface area (TPSA) is 86.8 Å². The van der Waals surface area contributed by atoms with Crippen molar-refractivity contribution in [3.05, 3.63) is 65.2 Å². The molecule has 2 amide bonds. The number of hydrogen-bond acceptors (Lipinski definition) is 4. The van der Waals surface area contributed by atoms with Crippen molar-refractivity contribution >= 4 is 27.5 Å². The molecule has 10 heteroatoms. The van der Waals surface area contributed by atoms with E-state index in [1.807, 2.05) is 52.0 Å². The van der Waals surface area contributed by atoms with Gasteiger partial charge in [-0.2, -0.15) is 0 Å². The van der Waals surface area contributed by atoms with Crippen molar-refractivity contribution in [1.82, 2.24) is 10.2 Å². The van der Waals surface area contributed by atoms with Crippen molar-refractivity contribution in [2.75, 3.05) is 17.1 Å². The molecule has 0 fully saturated rings. The van der Waals surface area contributed by atoms with Gasteiger partial charge < -0.3 is 10.2 Å². The van der Waals surface area contributed by atoms with Gasteiger partial charge in [-0.15, -0.1) is 0 Å². The first kappa shape index (κ1) is 28.2. The zero-order chi connectivity index (χ0) is 26.6. The Labute approximate surface area is 206 Å². The monoisotopic (exact) mass is 509 g/mol. The molecule has 0 spiro atoms. The van der Waals surface area contributed by atoms with Crippen molar-refractivity contribution in [2.24, 2.45) is 0 Å². The number of nitrogens with one attached hydrogen (secondary N) is 1. The Morgan fingerprint density at radius 2 is 1.69 bits per heavy atom. The van der Waals surface area contributed by atoms with Gasteiger partial charge in [0.15, 0.2) is 11.6 Å². The summed E-state index contributed by atoms with van der Waals surface area (Å²) in [6, 6.07) is 9.08. The van der Waals surface area contributed by atoms with Crippen LogP contribution in [0.2, 0.25) is 0 Å². The average Bonchev–Trinajstić information content (AvgIpc) is 2.73. The maximum Gasteiger partial charge on any atom is 0.244 e. The lowest BCUT2D eigenvalue weighted by Gasteiger charge is -2.34. The van der Waals surface area contributed by atoms with E-state index in [0.717, 1.165) is 35.6 Å². The first-order valence-corrected chi connectivity index (χ1v) is 13.1. The number of aryl methyl sites for hydroxylation is 1. The molecule has 2 aromatic carbocycles. The normalized spacial score (nSPS) is 12.7. The van der Waals surface area contributed by atoms with Crippen LogP contribution in [0.1, 0.15) is 45.2 Å². The maximum atomic E-state index is 13.9. The second kappa shape index (κ2) is 11.2. The van der Waals surface area contributed by atoms with Crippen LogP contribution in [0.15, 0.2) is 42.5 Å². The molecule has 0 aliphatic rings. The molecule has 0 aliphatic heterocycles. The second-order valence-corrected chi connectivity index (χ2v) is 11.4. The van der Waals surface area contributed by atoms with Gasteiger partial charge in [-0.3, -0.25) is 13.9 Å². The summed E-state index contributed by atoms with van der Waals surface area (Å²) in [7, 11) is -4.04. The quantitative estimate of drug-likeness (QED) is 0.558. The summed E-state index contributed by atoms with van der Waals surface area (Å²) in [5.74, 6) is -3.41. The van der Waals surface area contributed by atoms with Crippen molar-refractivity contribution in [2.45, 2.75) is 59.2 Å².